The molecule has 68 valence electrons. The molecular formula is C8H6BrNO2S. The van der Waals surface area contributed by atoms with Crippen LogP contribution in [0.15, 0.2) is 15.9 Å². The van der Waals surface area contributed by atoms with E-state index in [4.69, 9.17) is 0 Å². The standard InChI is InChI=1S/C8H6BrNO2S/c1-12-8(11)5-2-4-3-6(9)13-7(4)10-5/h2-3,10H,1H3. The van der Waals surface area contributed by atoms with Gasteiger partial charge in [-0.1, -0.05) is 0 Å². The molecule has 0 aliphatic heterocycles. The van der Waals surface area contributed by atoms with Gasteiger partial charge in [0.1, 0.15) is 10.5 Å². The Morgan fingerprint density at radius 2 is 2.38 bits per heavy atom. The molecule has 1 N–H and O–H groups in total. The zero-order valence-electron chi connectivity index (χ0n) is 6.76. The van der Waals surface area contributed by atoms with Gasteiger partial charge in [0.2, 0.25) is 0 Å². The molecule has 0 bridgehead atoms. The molecular weight excluding hydrogens is 254 g/mol. The Labute approximate surface area is 86.8 Å². The molecule has 5 heteroatoms. The molecule has 0 radical (unpaired) electrons. The summed E-state index contributed by atoms with van der Waals surface area (Å²) in [6, 6.07) is 3.74. The fraction of sp³-hybridized carbons (Fsp3) is 0.125. The van der Waals surface area contributed by atoms with Gasteiger partial charge in [-0.3, -0.25) is 0 Å². The molecule has 0 unspecified atom stereocenters. The van der Waals surface area contributed by atoms with Gasteiger partial charge in [-0.15, -0.1) is 11.3 Å². The van der Waals surface area contributed by atoms with E-state index in [-0.39, 0.29) is 5.97 Å². The van der Waals surface area contributed by atoms with Gasteiger partial charge < -0.3 is 9.72 Å². The summed E-state index contributed by atoms with van der Waals surface area (Å²) < 4.78 is 5.63. The number of aromatic amines is 1. The van der Waals surface area contributed by atoms with Crippen molar-refractivity contribution in [1.29, 1.82) is 0 Å². The van der Waals surface area contributed by atoms with Crippen LogP contribution in [0.1, 0.15) is 10.5 Å². The van der Waals surface area contributed by atoms with E-state index in [1.165, 1.54) is 7.11 Å². The van der Waals surface area contributed by atoms with Crippen molar-refractivity contribution in [2.24, 2.45) is 0 Å². The van der Waals surface area contributed by atoms with E-state index in [9.17, 15) is 4.79 Å². The molecule has 0 spiro atoms. The number of H-pyrrole nitrogens is 1. The quantitative estimate of drug-likeness (QED) is 0.801. The summed E-state index contributed by atoms with van der Waals surface area (Å²) >= 11 is 4.92. The number of halogens is 1. The number of fused-ring (bicyclic) bond motifs is 1. The van der Waals surface area contributed by atoms with E-state index in [0.29, 0.717) is 5.69 Å². The van der Waals surface area contributed by atoms with Crippen molar-refractivity contribution >= 4 is 43.5 Å². The van der Waals surface area contributed by atoms with Crippen LogP contribution in [0, 0.1) is 0 Å². The van der Waals surface area contributed by atoms with E-state index >= 15 is 0 Å². The van der Waals surface area contributed by atoms with Crippen LogP contribution in [0.25, 0.3) is 10.2 Å². The van der Waals surface area contributed by atoms with E-state index in [1.807, 2.05) is 6.07 Å². The van der Waals surface area contributed by atoms with Crippen LogP contribution < -0.4 is 0 Å². The maximum atomic E-state index is 11.1. The molecule has 0 saturated heterocycles. The number of methoxy groups -OCH3 is 1. The Morgan fingerprint density at radius 1 is 1.62 bits per heavy atom. The number of esters is 1. The minimum absolute atomic E-state index is 0.334. The van der Waals surface area contributed by atoms with Crippen molar-refractivity contribution in [2.75, 3.05) is 7.11 Å². The number of hydrogen-bond donors (Lipinski definition) is 1. The highest BCUT2D eigenvalue weighted by atomic mass is 79.9. The summed E-state index contributed by atoms with van der Waals surface area (Å²) in [6.45, 7) is 0. The first-order valence-electron chi connectivity index (χ1n) is 3.57. The molecule has 2 aromatic heterocycles. The zero-order chi connectivity index (χ0) is 9.42. The van der Waals surface area contributed by atoms with Gasteiger partial charge >= 0.3 is 5.97 Å². The van der Waals surface area contributed by atoms with Crippen molar-refractivity contribution in [1.82, 2.24) is 4.98 Å². The van der Waals surface area contributed by atoms with Crippen molar-refractivity contribution < 1.29 is 9.53 Å². The summed E-state index contributed by atoms with van der Waals surface area (Å²) in [7, 11) is 1.37. The van der Waals surface area contributed by atoms with Crippen LogP contribution in [0.4, 0.5) is 0 Å². The van der Waals surface area contributed by atoms with E-state index in [2.05, 4.69) is 25.7 Å². The molecule has 0 aliphatic rings. The fourth-order valence-electron chi connectivity index (χ4n) is 1.11. The van der Waals surface area contributed by atoms with Gasteiger partial charge in [0.25, 0.3) is 0 Å². The van der Waals surface area contributed by atoms with Crippen LogP contribution in [0.3, 0.4) is 0 Å². The molecule has 0 aliphatic carbocycles. The van der Waals surface area contributed by atoms with Crippen molar-refractivity contribution in [3.63, 3.8) is 0 Å². The Balaban J connectivity index is 2.51. The van der Waals surface area contributed by atoms with Gasteiger partial charge in [-0.05, 0) is 28.1 Å². The molecule has 0 saturated carbocycles. The molecule has 3 nitrogen and oxygen atoms in total. The van der Waals surface area contributed by atoms with Gasteiger partial charge in [-0.2, -0.15) is 0 Å². The second-order valence-electron chi connectivity index (χ2n) is 2.51. The van der Waals surface area contributed by atoms with Gasteiger partial charge in [0.05, 0.1) is 10.9 Å². The number of ether oxygens (including phenoxy) is 1. The number of thiophene rings is 1. The zero-order valence-corrected chi connectivity index (χ0v) is 9.16. The number of carbonyl (C=O) groups is 1. The summed E-state index contributed by atoms with van der Waals surface area (Å²) in [5.41, 5.74) is 0.497. The largest absolute Gasteiger partial charge is 0.464 e. The van der Waals surface area contributed by atoms with E-state index in [1.54, 1.807) is 17.4 Å². The topological polar surface area (TPSA) is 42.1 Å². The predicted octanol–water partition coefficient (Wildman–Crippen LogP) is 2.78. The number of aromatic nitrogens is 1. The lowest BCUT2D eigenvalue weighted by Crippen LogP contribution is -2.00. The third-order valence-electron chi connectivity index (χ3n) is 1.68. The molecule has 2 aromatic rings. The lowest BCUT2D eigenvalue weighted by Gasteiger charge is -1.92. The summed E-state index contributed by atoms with van der Waals surface area (Å²) in [5.74, 6) is -0.334. The van der Waals surface area contributed by atoms with Crippen molar-refractivity contribution in [3.8, 4) is 0 Å². The normalized spacial score (nSPS) is 10.6. The highest BCUT2D eigenvalue weighted by molar-refractivity contribution is 9.11. The minimum atomic E-state index is -0.334. The average molecular weight is 260 g/mol. The summed E-state index contributed by atoms with van der Waals surface area (Å²) in [4.78, 5) is 15.1. The highest BCUT2D eigenvalue weighted by Crippen LogP contribution is 2.29. The van der Waals surface area contributed by atoms with Gasteiger partial charge in [-0.25, -0.2) is 4.79 Å². The Morgan fingerprint density at radius 3 is 3.00 bits per heavy atom. The van der Waals surface area contributed by atoms with Crippen LogP contribution in [-0.2, 0) is 4.74 Å². The molecule has 2 heterocycles. The lowest BCUT2D eigenvalue weighted by molar-refractivity contribution is 0.0595. The van der Waals surface area contributed by atoms with Crippen LogP contribution >= 0.6 is 27.3 Å². The fourth-order valence-corrected chi connectivity index (χ4v) is 2.62. The van der Waals surface area contributed by atoms with Crippen LogP contribution in [0.2, 0.25) is 0 Å². The van der Waals surface area contributed by atoms with Gasteiger partial charge in [0.15, 0.2) is 0 Å². The molecule has 2 rings (SSSR count). The Kier molecular flexibility index (Phi) is 2.13. The van der Waals surface area contributed by atoms with Gasteiger partial charge in [0, 0.05) is 5.39 Å². The SMILES string of the molecule is COC(=O)c1cc2cc(Br)sc2[nH]1. The number of rotatable bonds is 1. The van der Waals surface area contributed by atoms with Crippen molar-refractivity contribution in [3.05, 3.63) is 21.6 Å². The maximum absolute atomic E-state index is 11.1. The first-order chi connectivity index (χ1) is 6.20. The van der Waals surface area contributed by atoms with Crippen LogP contribution in [0.5, 0.6) is 0 Å². The third kappa shape index (κ3) is 1.49. The average Bonchev–Trinajstić information content (AvgIpc) is 2.59. The maximum Gasteiger partial charge on any atom is 0.354 e. The minimum Gasteiger partial charge on any atom is -0.464 e. The summed E-state index contributed by atoms with van der Waals surface area (Å²) in [6.07, 6.45) is 0. The number of nitrogens with one attached hydrogen (secondary N) is 1. The molecule has 0 atom stereocenters. The number of carbonyl (C=O) groups excluding carboxylic acids is 1. The second kappa shape index (κ2) is 3.16. The smallest absolute Gasteiger partial charge is 0.354 e. The Hall–Kier alpha value is -0.810. The lowest BCUT2D eigenvalue weighted by atomic mass is 10.4. The molecule has 13 heavy (non-hydrogen) atoms. The van der Waals surface area contributed by atoms with Crippen LogP contribution in [-0.4, -0.2) is 18.1 Å². The van der Waals surface area contributed by atoms with E-state index in [0.717, 1.165) is 14.0 Å². The first-order valence-corrected chi connectivity index (χ1v) is 5.18. The number of hydrogen-bond acceptors (Lipinski definition) is 3. The van der Waals surface area contributed by atoms with E-state index < -0.39 is 0 Å². The molecule has 0 amide bonds. The van der Waals surface area contributed by atoms with Crippen molar-refractivity contribution in [2.45, 2.75) is 0 Å². The highest BCUT2D eigenvalue weighted by Gasteiger charge is 2.10. The third-order valence-corrected chi connectivity index (χ3v) is 3.25. The monoisotopic (exact) mass is 259 g/mol. The Bertz CT molecular complexity index is 428. The predicted molar refractivity (Wildman–Crippen MR) is 55.2 cm³/mol. The first kappa shape index (κ1) is 8.77. The molecule has 0 aromatic carbocycles. The summed E-state index contributed by atoms with van der Waals surface area (Å²) in [5, 5.41) is 1.03. The second-order valence-corrected chi connectivity index (χ2v) is 4.94. The molecule has 0 fully saturated rings.